The van der Waals surface area contributed by atoms with Gasteiger partial charge in [0.25, 0.3) is 0 Å². The summed E-state index contributed by atoms with van der Waals surface area (Å²) in [6.07, 6.45) is 9.71. The Kier molecular flexibility index (Phi) is 3.44. The van der Waals surface area contributed by atoms with Crippen molar-refractivity contribution in [3.63, 3.8) is 0 Å². The third-order valence-electron chi connectivity index (χ3n) is 3.82. The van der Waals surface area contributed by atoms with Crippen molar-refractivity contribution in [3.05, 3.63) is 36.0 Å². The van der Waals surface area contributed by atoms with Crippen LogP contribution in [-0.4, -0.2) is 17.2 Å². The van der Waals surface area contributed by atoms with E-state index in [-0.39, 0.29) is 0 Å². The summed E-state index contributed by atoms with van der Waals surface area (Å²) in [7, 11) is 0. The number of para-hydroxylation sites is 1. The van der Waals surface area contributed by atoms with E-state index in [1.807, 2.05) is 0 Å². The average Bonchev–Trinajstić information content (AvgIpc) is 2.84. The van der Waals surface area contributed by atoms with Crippen LogP contribution in [0.2, 0.25) is 0 Å². The van der Waals surface area contributed by atoms with Gasteiger partial charge in [0.05, 0.1) is 0 Å². The molecule has 0 aliphatic heterocycles. The van der Waals surface area contributed by atoms with Crippen LogP contribution in [0.4, 0.5) is 0 Å². The molecule has 1 aliphatic carbocycles. The molecule has 94 valence electrons. The molecule has 18 heavy (non-hydrogen) atoms. The van der Waals surface area contributed by atoms with Gasteiger partial charge in [-0.25, -0.2) is 0 Å². The second-order valence-electron chi connectivity index (χ2n) is 5.12. The molecule has 0 amide bonds. The Labute approximate surface area is 108 Å². The van der Waals surface area contributed by atoms with E-state index in [0.717, 1.165) is 13.0 Å². The van der Waals surface area contributed by atoms with Crippen LogP contribution in [-0.2, 0) is 6.42 Å². The lowest BCUT2D eigenvalue weighted by Gasteiger charge is -2.12. The fourth-order valence-electron chi connectivity index (χ4n) is 2.79. The second kappa shape index (κ2) is 5.38. The zero-order chi connectivity index (χ0) is 12.2. The van der Waals surface area contributed by atoms with Gasteiger partial charge in [0.2, 0.25) is 0 Å². The minimum Gasteiger partial charge on any atom is -0.361 e. The van der Waals surface area contributed by atoms with Crippen LogP contribution in [0.25, 0.3) is 10.9 Å². The topological polar surface area (TPSA) is 28.1 Å². The number of hydrogen-bond acceptors (Lipinski definition) is 1. The lowest BCUT2D eigenvalue weighted by Crippen LogP contribution is -2.06. The highest BCUT2D eigenvalue weighted by molar-refractivity contribution is 5.85. The fourth-order valence-corrected chi connectivity index (χ4v) is 2.79. The summed E-state index contributed by atoms with van der Waals surface area (Å²) in [6, 6.07) is 8.50. The minimum absolute atomic E-state index is 0.942. The number of fused-ring (bicyclic) bond motifs is 1. The highest BCUT2D eigenvalue weighted by Gasteiger charge is 2.06. The van der Waals surface area contributed by atoms with Crippen LogP contribution in [0.15, 0.2) is 35.5 Å². The lowest BCUT2D eigenvalue weighted by molar-refractivity contribution is 0.663. The SMILES string of the molecule is c1ccc2c(CCN=C3CCCCC3)c[nH]c2c1. The average molecular weight is 240 g/mol. The molecule has 1 fully saturated rings. The third kappa shape index (κ3) is 2.47. The van der Waals surface area contributed by atoms with Gasteiger partial charge in [-0.2, -0.15) is 0 Å². The maximum atomic E-state index is 4.77. The van der Waals surface area contributed by atoms with Crippen molar-refractivity contribution in [2.75, 3.05) is 6.54 Å². The molecule has 2 heteroatoms. The summed E-state index contributed by atoms with van der Waals surface area (Å²) < 4.78 is 0. The molecule has 1 N–H and O–H groups in total. The molecule has 2 nitrogen and oxygen atoms in total. The second-order valence-corrected chi connectivity index (χ2v) is 5.12. The smallest absolute Gasteiger partial charge is 0.0456 e. The van der Waals surface area contributed by atoms with E-state index in [1.54, 1.807) is 0 Å². The Bertz CT molecular complexity index is 543. The van der Waals surface area contributed by atoms with Crippen molar-refractivity contribution in [1.29, 1.82) is 0 Å². The number of rotatable bonds is 3. The van der Waals surface area contributed by atoms with E-state index in [0.29, 0.717) is 0 Å². The Morgan fingerprint density at radius 3 is 2.78 bits per heavy atom. The van der Waals surface area contributed by atoms with E-state index in [2.05, 4.69) is 35.4 Å². The summed E-state index contributed by atoms with van der Waals surface area (Å²) in [6.45, 7) is 0.942. The largest absolute Gasteiger partial charge is 0.361 e. The molecule has 1 aliphatic rings. The Hall–Kier alpha value is -1.57. The Morgan fingerprint density at radius 2 is 1.89 bits per heavy atom. The molecule has 2 aromatic rings. The quantitative estimate of drug-likeness (QED) is 0.836. The van der Waals surface area contributed by atoms with Gasteiger partial charge >= 0.3 is 0 Å². The fraction of sp³-hybridized carbons (Fsp3) is 0.438. The maximum absolute atomic E-state index is 4.77. The zero-order valence-corrected chi connectivity index (χ0v) is 10.8. The van der Waals surface area contributed by atoms with Crippen LogP contribution < -0.4 is 0 Å². The van der Waals surface area contributed by atoms with Gasteiger partial charge in [-0.15, -0.1) is 0 Å². The van der Waals surface area contributed by atoms with Gasteiger partial charge < -0.3 is 4.98 Å². The zero-order valence-electron chi connectivity index (χ0n) is 10.8. The number of H-pyrrole nitrogens is 1. The van der Waals surface area contributed by atoms with Gasteiger partial charge in [-0.3, -0.25) is 4.99 Å². The van der Waals surface area contributed by atoms with Gasteiger partial charge in [0.15, 0.2) is 0 Å². The molecule has 1 saturated carbocycles. The first-order valence-electron chi connectivity index (χ1n) is 7.01. The van der Waals surface area contributed by atoms with Crippen LogP contribution in [0.5, 0.6) is 0 Å². The van der Waals surface area contributed by atoms with Crippen LogP contribution in [0.1, 0.15) is 37.7 Å². The standard InChI is InChI=1S/C16H20N2/c1-2-6-14(7-3-1)17-11-10-13-12-18-16-9-5-4-8-15(13)16/h4-5,8-9,12,18H,1-3,6-7,10-11H2. The summed E-state index contributed by atoms with van der Waals surface area (Å²) in [4.78, 5) is 8.10. The van der Waals surface area contributed by atoms with E-state index >= 15 is 0 Å². The molecule has 0 radical (unpaired) electrons. The number of hydrogen-bond donors (Lipinski definition) is 1. The first kappa shape index (κ1) is 11.5. The highest BCUT2D eigenvalue weighted by atomic mass is 14.7. The lowest BCUT2D eigenvalue weighted by atomic mass is 9.98. The predicted molar refractivity (Wildman–Crippen MR) is 77.4 cm³/mol. The summed E-state index contributed by atoms with van der Waals surface area (Å²) in [5.41, 5.74) is 4.07. The number of nitrogens with zero attached hydrogens (tertiary/aromatic N) is 1. The predicted octanol–water partition coefficient (Wildman–Crippen LogP) is 4.12. The normalized spacial score (nSPS) is 16.1. The molecular weight excluding hydrogens is 220 g/mol. The van der Waals surface area contributed by atoms with Crippen molar-refractivity contribution < 1.29 is 0 Å². The molecule has 0 unspecified atom stereocenters. The number of aliphatic imine (C=N–C) groups is 1. The minimum atomic E-state index is 0.942. The number of aromatic amines is 1. The molecule has 0 spiro atoms. The van der Waals surface area contributed by atoms with E-state index in [4.69, 9.17) is 4.99 Å². The van der Waals surface area contributed by atoms with Crippen molar-refractivity contribution in [3.8, 4) is 0 Å². The molecule has 0 saturated heterocycles. The molecule has 0 atom stereocenters. The van der Waals surface area contributed by atoms with Gasteiger partial charge in [-0.05, 0) is 43.7 Å². The first-order chi connectivity index (χ1) is 8.93. The summed E-state index contributed by atoms with van der Waals surface area (Å²) in [5, 5.41) is 1.35. The maximum Gasteiger partial charge on any atom is 0.0456 e. The molecule has 1 aromatic carbocycles. The summed E-state index contributed by atoms with van der Waals surface area (Å²) >= 11 is 0. The van der Waals surface area contributed by atoms with Crippen molar-refractivity contribution in [2.24, 2.45) is 4.99 Å². The van der Waals surface area contributed by atoms with Gasteiger partial charge in [-0.1, -0.05) is 24.6 Å². The van der Waals surface area contributed by atoms with E-state index in [9.17, 15) is 0 Å². The molecule has 0 bridgehead atoms. The van der Waals surface area contributed by atoms with Gasteiger partial charge in [0.1, 0.15) is 0 Å². The van der Waals surface area contributed by atoms with Crippen molar-refractivity contribution in [2.45, 2.75) is 38.5 Å². The number of aromatic nitrogens is 1. The highest BCUT2D eigenvalue weighted by Crippen LogP contribution is 2.19. The van der Waals surface area contributed by atoms with E-state index in [1.165, 1.54) is 54.3 Å². The monoisotopic (exact) mass is 240 g/mol. The van der Waals surface area contributed by atoms with Crippen LogP contribution in [0, 0.1) is 0 Å². The van der Waals surface area contributed by atoms with Crippen molar-refractivity contribution in [1.82, 2.24) is 4.98 Å². The van der Waals surface area contributed by atoms with Gasteiger partial charge in [0, 0.05) is 29.4 Å². The molecule has 3 rings (SSSR count). The van der Waals surface area contributed by atoms with Crippen molar-refractivity contribution >= 4 is 16.6 Å². The van der Waals surface area contributed by atoms with E-state index < -0.39 is 0 Å². The number of benzene rings is 1. The summed E-state index contributed by atoms with van der Waals surface area (Å²) in [5.74, 6) is 0. The third-order valence-corrected chi connectivity index (χ3v) is 3.82. The number of nitrogens with one attached hydrogen (secondary N) is 1. The Morgan fingerprint density at radius 1 is 1.06 bits per heavy atom. The van der Waals surface area contributed by atoms with Crippen LogP contribution >= 0.6 is 0 Å². The Balaban J connectivity index is 1.66. The molecule has 1 aromatic heterocycles. The molecular formula is C16H20N2. The molecule has 1 heterocycles. The first-order valence-corrected chi connectivity index (χ1v) is 7.01. The van der Waals surface area contributed by atoms with Crippen LogP contribution in [0.3, 0.4) is 0 Å².